The predicted molar refractivity (Wildman–Crippen MR) is 90.7 cm³/mol. The van der Waals surface area contributed by atoms with Gasteiger partial charge in [-0.1, -0.05) is 30.3 Å². The van der Waals surface area contributed by atoms with Gasteiger partial charge in [-0.3, -0.25) is 4.79 Å². The van der Waals surface area contributed by atoms with Crippen molar-refractivity contribution < 1.29 is 14.6 Å². The molecule has 5 heteroatoms. The summed E-state index contributed by atoms with van der Waals surface area (Å²) in [5, 5.41) is 13.4. The number of carbonyl (C=O) groups excluding carboxylic acids is 1. The van der Waals surface area contributed by atoms with Crippen LogP contribution in [-0.4, -0.2) is 28.6 Å². The van der Waals surface area contributed by atoms with Gasteiger partial charge in [0.15, 0.2) is 6.10 Å². The SMILES string of the molecule is O=C1N[C@H](Cc2ccc(O)cc2)CO[C@@H]1c1c[nH]c2ccccc12. The Balaban J connectivity index is 1.48. The first-order valence-corrected chi connectivity index (χ1v) is 7.96. The maximum Gasteiger partial charge on any atom is 0.254 e. The summed E-state index contributed by atoms with van der Waals surface area (Å²) in [6, 6.07) is 14.8. The van der Waals surface area contributed by atoms with Gasteiger partial charge in [0.1, 0.15) is 5.75 Å². The minimum atomic E-state index is -0.586. The van der Waals surface area contributed by atoms with Gasteiger partial charge in [0.05, 0.1) is 12.6 Å². The van der Waals surface area contributed by atoms with Crippen molar-refractivity contribution in [2.24, 2.45) is 0 Å². The smallest absolute Gasteiger partial charge is 0.254 e. The maximum absolute atomic E-state index is 12.5. The Morgan fingerprint density at radius 1 is 1.12 bits per heavy atom. The number of ether oxygens (including phenoxy) is 1. The molecule has 0 radical (unpaired) electrons. The maximum atomic E-state index is 12.5. The topological polar surface area (TPSA) is 74.3 Å². The lowest BCUT2D eigenvalue weighted by atomic mass is 10.0. The quantitative estimate of drug-likeness (QED) is 0.694. The van der Waals surface area contributed by atoms with Gasteiger partial charge in [-0.05, 0) is 30.2 Å². The lowest BCUT2D eigenvalue weighted by Gasteiger charge is -2.29. The molecule has 0 bridgehead atoms. The first-order valence-electron chi connectivity index (χ1n) is 7.96. The fourth-order valence-corrected chi connectivity index (χ4v) is 3.18. The molecule has 2 aromatic carbocycles. The number of amides is 1. The van der Waals surface area contributed by atoms with E-state index in [0.29, 0.717) is 13.0 Å². The van der Waals surface area contributed by atoms with Crippen LogP contribution in [0.25, 0.3) is 10.9 Å². The van der Waals surface area contributed by atoms with E-state index in [1.807, 2.05) is 42.6 Å². The largest absolute Gasteiger partial charge is 0.508 e. The van der Waals surface area contributed by atoms with Crippen molar-refractivity contribution in [3.8, 4) is 5.75 Å². The van der Waals surface area contributed by atoms with Gasteiger partial charge in [0.2, 0.25) is 0 Å². The molecule has 1 amide bonds. The molecule has 3 N–H and O–H groups in total. The lowest BCUT2D eigenvalue weighted by molar-refractivity contribution is -0.141. The van der Waals surface area contributed by atoms with Crippen LogP contribution in [0.3, 0.4) is 0 Å². The number of hydrogen-bond donors (Lipinski definition) is 3. The first-order chi connectivity index (χ1) is 11.7. The van der Waals surface area contributed by atoms with Crippen molar-refractivity contribution in [2.75, 3.05) is 6.61 Å². The molecule has 0 saturated carbocycles. The summed E-state index contributed by atoms with van der Waals surface area (Å²) in [4.78, 5) is 15.7. The average Bonchev–Trinajstić information content (AvgIpc) is 3.01. The highest BCUT2D eigenvalue weighted by Crippen LogP contribution is 2.29. The fourth-order valence-electron chi connectivity index (χ4n) is 3.18. The number of aromatic nitrogens is 1. The molecule has 0 aliphatic carbocycles. The number of benzene rings is 2. The van der Waals surface area contributed by atoms with Crippen molar-refractivity contribution in [3.63, 3.8) is 0 Å². The Bertz CT molecular complexity index is 870. The summed E-state index contributed by atoms with van der Waals surface area (Å²) >= 11 is 0. The number of carbonyl (C=O) groups is 1. The van der Waals surface area contributed by atoms with E-state index in [-0.39, 0.29) is 17.7 Å². The Morgan fingerprint density at radius 2 is 1.92 bits per heavy atom. The number of H-pyrrole nitrogens is 1. The zero-order valence-corrected chi connectivity index (χ0v) is 13.0. The molecule has 5 nitrogen and oxygen atoms in total. The highest BCUT2D eigenvalue weighted by molar-refractivity contribution is 5.91. The molecule has 1 aromatic heterocycles. The second-order valence-corrected chi connectivity index (χ2v) is 6.08. The minimum Gasteiger partial charge on any atom is -0.508 e. The number of para-hydroxylation sites is 1. The summed E-state index contributed by atoms with van der Waals surface area (Å²) < 4.78 is 5.87. The number of aromatic amines is 1. The molecular formula is C19H18N2O3. The molecule has 0 unspecified atom stereocenters. The van der Waals surface area contributed by atoms with Crippen LogP contribution >= 0.6 is 0 Å². The molecule has 1 saturated heterocycles. The van der Waals surface area contributed by atoms with Crippen LogP contribution in [0, 0.1) is 0 Å². The number of hydrogen-bond acceptors (Lipinski definition) is 3. The van der Waals surface area contributed by atoms with E-state index in [0.717, 1.165) is 22.0 Å². The van der Waals surface area contributed by atoms with Gasteiger partial charge in [-0.2, -0.15) is 0 Å². The van der Waals surface area contributed by atoms with E-state index in [1.54, 1.807) is 12.1 Å². The van der Waals surface area contributed by atoms with Gasteiger partial charge in [-0.25, -0.2) is 0 Å². The molecule has 1 aliphatic rings. The molecular weight excluding hydrogens is 304 g/mol. The molecule has 0 spiro atoms. The van der Waals surface area contributed by atoms with Crippen molar-refractivity contribution in [1.29, 1.82) is 0 Å². The zero-order valence-electron chi connectivity index (χ0n) is 13.0. The zero-order chi connectivity index (χ0) is 16.5. The number of phenols is 1. The van der Waals surface area contributed by atoms with Gasteiger partial charge >= 0.3 is 0 Å². The molecule has 4 rings (SSSR count). The second-order valence-electron chi connectivity index (χ2n) is 6.08. The summed E-state index contributed by atoms with van der Waals surface area (Å²) in [5.41, 5.74) is 2.91. The summed E-state index contributed by atoms with van der Waals surface area (Å²) in [7, 11) is 0. The van der Waals surface area contributed by atoms with Crippen LogP contribution in [0.4, 0.5) is 0 Å². The molecule has 1 fully saturated rings. The third-order valence-electron chi connectivity index (χ3n) is 4.37. The number of rotatable bonds is 3. The minimum absolute atomic E-state index is 0.0662. The molecule has 2 heterocycles. The van der Waals surface area contributed by atoms with Crippen LogP contribution < -0.4 is 5.32 Å². The highest BCUT2D eigenvalue weighted by Gasteiger charge is 2.31. The molecule has 122 valence electrons. The monoisotopic (exact) mass is 322 g/mol. The third kappa shape index (κ3) is 2.74. The number of nitrogens with one attached hydrogen (secondary N) is 2. The van der Waals surface area contributed by atoms with Crippen molar-refractivity contribution in [3.05, 3.63) is 65.9 Å². The average molecular weight is 322 g/mol. The fraction of sp³-hybridized carbons (Fsp3) is 0.211. The van der Waals surface area contributed by atoms with E-state index in [1.165, 1.54) is 0 Å². The van der Waals surface area contributed by atoms with E-state index in [2.05, 4.69) is 10.3 Å². The van der Waals surface area contributed by atoms with Crippen molar-refractivity contribution >= 4 is 16.8 Å². The van der Waals surface area contributed by atoms with E-state index in [4.69, 9.17) is 4.74 Å². The summed E-state index contributed by atoms with van der Waals surface area (Å²) in [5.74, 6) is 0.122. The normalized spacial score (nSPS) is 20.9. The van der Waals surface area contributed by atoms with Gasteiger partial charge < -0.3 is 20.1 Å². The summed E-state index contributed by atoms with van der Waals surface area (Å²) in [6.07, 6.45) is 1.93. The molecule has 1 aliphatic heterocycles. The van der Waals surface area contributed by atoms with E-state index >= 15 is 0 Å². The number of aromatic hydroxyl groups is 1. The van der Waals surface area contributed by atoms with Crippen molar-refractivity contribution in [1.82, 2.24) is 10.3 Å². The predicted octanol–water partition coefficient (Wildman–Crippen LogP) is 2.67. The Morgan fingerprint density at radius 3 is 2.71 bits per heavy atom. The molecule has 24 heavy (non-hydrogen) atoms. The van der Waals surface area contributed by atoms with Crippen LogP contribution in [0.15, 0.2) is 54.7 Å². The Kier molecular flexibility index (Phi) is 3.70. The second kappa shape index (κ2) is 6.02. The standard InChI is InChI=1S/C19H18N2O3/c22-14-7-5-12(6-8-14)9-13-11-24-18(19(23)21-13)16-10-20-17-4-2-1-3-15(16)17/h1-8,10,13,18,20,22H,9,11H2,(H,21,23)/t13-,18-/m1/s1. The third-order valence-corrected chi connectivity index (χ3v) is 4.37. The van der Waals surface area contributed by atoms with Crippen LogP contribution in [-0.2, 0) is 16.0 Å². The van der Waals surface area contributed by atoms with Crippen LogP contribution in [0.1, 0.15) is 17.2 Å². The number of phenolic OH excluding ortho intramolecular Hbond substituents is 1. The lowest BCUT2D eigenvalue weighted by Crippen LogP contribution is -2.48. The molecule has 2 atom stereocenters. The number of fused-ring (bicyclic) bond motifs is 1. The molecule has 3 aromatic rings. The summed E-state index contributed by atoms with van der Waals surface area (Å²) in [6.45, 7) is 0.455. The van der Waals surface area contributed by atoms with Crippen molar-refractivity contribution in [2.45, 2.75) is 18.6 Å². The Hall–Kier alpha value is -2.79. The first kappa shape index (κ1) is 14.8. The van der Waals surface area contributed by atoms with Gasteiger partial charge in [0, 0.05) is 22.7 Å². The van der Waals surface area contributed by atoms with Gasteiger partial charge in [-0.15, -0.1) is 0 Å². The van der Waals surface area contributed by atoms with Crippen LogP contribution in [0.5, 0.6) is 5.75 Å². The van der Waals surface area contributed by atoms with E-state index in [9.17, 15) is 9.90 Å². The van der Waals surface area contributed by atoms with Crippen LogP contribution in [0.2, 0.25) is 0 Å². The number of morpholine rings is 1. The highest BCUT2D eigenvalue weighted by atomic mass is 16.5. The van der Waals surface area contributed by atoms with E-state index < -0.39 is 6.10 Å². The Labute approximate surface area is 139 Å². The van der Waals surface area contributed by atoms with Gasteiger partial charge in [0.25, 0.3) is 5.91 Å².